The van der Waals surface area contributed by atoms with Crippen LogP contribution >= 0.6 is 24.2 Å². The van der Waals surface area contributed by atoms with E-state index in [0.717, 1.165) is 0 Å². The minimum Gasteiger partial charge on any atom is -0.317 e. The van der Waals surface area contributed by atoms with Crippen molar-refractivity contribution in [2.45, 2.75) is 24.3 Å². The number of halogens is 1. The van der Waals surface area contributed by atoms with Gasteiger partial charge in [-0.05, 0) is 24.6 Å². The lowest BCUT2D eigenvalue weighted by molar-refractivity contribution is -0.138. The summed E-state index contributed by atoms with van der Waals surface area (Å²) in [5.41, 5.74) is 0.236. The molecule has 0 radical (unpaired) electrons. The van der Waals surface area contributed by atoms with E-state index in [4.69, 9.17) is 11.6 Å². The van der Waals surface area contributed by atoms with Crippen LogP contribution in [0, 0.1) is 0 Å². The largest absolute Gasteiger partial charge is 0.317 e. The number of hydrogen-bond acceptors (Lipinski definition) is 4. The van der Waals surface area contributed by atoms with E-state index in [1.807, 2.05) is 0 Å². The molecule has 1 aliphatic heterocycles. The van der Waals surface area contributed by atoms with Crippen molar-refractivity contribution < 1.29 is 14.4 Å². The fraction of sp³-hybridized carbons (Fsp3) is 0.308. The van der Waals surface area contributed by atoms with Crippen molar-refractivity contribution in [3.05, 3.63) is 28.8 Å². The molecule has 0 spiro atoms. The highest BCUT2D eigenvalue weighted by molar-refractivity contribution is 7.80. The van der Waals surface area contributed by atoms with E-state index in [9.17, 15) is 14.4 Å². The molecule has 1 heterocycles. The number of carbonyl (C=O) groups excluding carboxylic acids is 3. The number of piperazine rings is 1. The summed E-state index contributed by atoms with van der Waals surface area (Å²) in [6, 6.07) is 4.08. The minimum absolute atomic E-state index is 0.157. The van der Waals surface area contributed by atoms with E-state index in [1.165, 1.54) is 11.0 Å². The first-order valence-electron chi connectivity index (χ1n) is 6.07. The molecule has 7 heteroatoms. The number of hydrogen-bond donors (Lipinski definition) is 2. The molecule has 1 aromatic rings. The molecule has 0 saturated carbocycles. The van der Waals surface area contributed by atoms with Gasteiger partial charge in [-0.3, -0.25) is 19.7 Å². The lowest BCUT2D eigenvalue weighted by Crippen LogP contribution is -2.59. The van der Waals surface area contributed by atoms with Crippen LogP contribution in [0.15, 0.2) is 23.1 Å². The van der Waals surface area contributed by atoms with Crippen LogP contribution in [0.1, 0.15) is 23.7 Å². The Morgan fingerprint density at radius 1 is 1.50 bits per heavy atom. The monoisotopic (exact) mass is 312 g/mol. The van der Waals surface area contributed by atoms with E-state index >= 15 is 0 Å². The molecule has 1 fully saturated rings. The molecule has 5 nitrogen and oxygen atoms in total. The molecule has 1 N–H and O–H groups in total. The van der Waals surface area contributed by atoms with Crippen LogP contribution in [0.4, 0.5) is 0 Å². The third kappa shape index (κ3) is 2.81. The van der Waals surface area contributed by atoms with E-state index in [0.29, 0.717) is 11.3 Å². The second-order valence-corrected chi connectivity index (χ2v) is 5.36. The van der Waals surface area contributed by atoms with E-state index in [2.05, 4.69) is 17.9 Å². The number of carbonyl (C=O) groups is 3. The Balaban J connectivity index is 2.37. The Morgan fingerprint density at radius 2 is 2.20 bits per heavy atom. The topological polar surface area (TPSA) is 66.5 Å². The molecule has 1 aromatic carbocycles. The van der Waals surface area contributed by atoms with Gasteiger partial charge in [0.1, 0.15) is 12.6 Å². The van der Waals surface area contributed by atoms with Gasteiger partial charge < -0.3 is 4.90 Å². The van der Waals surface area contributed by atoms with Gasteiger partial charge in [0.2, 0.25) is 11.8 Å². The van der Waals surface area contributed by atoms with Gasteiger partial charge in [-0.1, -0.05) is 18.5 Å². The lowest BCUT2D eigenvalue weighted by Gasteiger charge is -2.33. The number of nitrogens with zero attached hydrogens (tertiary/aromatic N) is 1. The SMILES string of the molecule is CCC1C(=O)NC(=O)CN1C(=O)c1cc(S)ccc1Cl. The Hall–Kier alpha value is -1.53. The van der Waals surface area contributed by atoms with Gasteiger partial charge in [-0.25, -0.2) is 0 Å². The predicted octanol–water partition coefficient (Wildman–Crippen LogP) is 1.51. The molecular formula is C13H13ClN2O3S. The molecule has 106 valence electrons. The first kappa shape index (κ1) is 14.9. The molecular weight excluding hydrogens is 300 g/mol. The van der Waals surface area contributed by atoms with E-state index in [1.54, 1.807) is 19.1 Å². The van der Waals surface area contributed by atoms with Gasteiger partial charge >= 0.3 is 0 Å². The highest BCUT2D eigenvalue weighted by Gasteiger charge is 2.36. The van der Waals surface area contributed by atoms with Crippen LogP contribution in [0.2, 0.25) is 5.02 Å². The Bertz CT molecular complexity index is 591. The number of amides is 3. The summed E-state index contributed by atoms with van der Waals surface area (Å²) < 4.78 is 0. The van der Waals surface area contributed by atoms with Crippen LogP contribution < -0.4 is 5.32 Å². The maximum absolute atomic E-state index is 12.5. The molecule has 1 aliphatic rings. The van der Waals surface area contributed by atoms with Crippen LogP contribution in [0.5, 0.6) is 0 Å². The third-order valence-electron chi connectivity index (χ3n) is 3.08. The van der Waals surface area contributed by atoms with Gasteiger partial charge in [-0.2, -0.15) is 0 Å². The molecule has 1 unspecified atom stereocenters. The van der Waals surface area contributed by atoms with Crippen molar-refractivity contribution in [3.8, 4) is 0 Å². The number of imide groups is 1. The zero-order valence-corrected chi connectivity index (χ0v) is 12.4. The molecule has 1 saturated heterocycles. The van der Waals surface area contributed by atoms with Crippen LogP contribution in [-0.2, 0) is 9.59 Å². The number of benzene rings is 1. The van der Waals surface area contributed by atoms with Gasteiger partial charge in [0.15, 0.2) is 0 Å². The Labute approximate surface area is 126 Å². The van der Waals surface area contributed by atoms with Crippen molar-refractivity contribution in [2.24, 2.45) is 0 Å². The number of rotatable bonds is 2. The molecule has 20 heavy (non-hydrogen) atoms. The second kappa shape index (κ2) is 5.85. The zero-order valence-electron chi connectivity index (χ0n) is 10.7. The van der Waals surface area contributed by atoms with Crippen molar-refractivity contribution >= 4 is 42.0 Å². The van der Waals surface area contributed by atoms with Crippen LogP contribution in [-0.4, -0.2) is 35.2 Å². The summed E-state index contributed by atoms with van der Waals surface area (Å²) in [7, 11) is 0. The number of thiol groups is 1. The standard InChI is InChI=1S/C13H13ClN2O3S/c1-2-10-12(18)15-11(17)6-16(10)13(19)8-5-7(20)3-4-9(8)14/h3-5,10,20H,2,6H2,1H3,(H,15,17,18). The van der Waals surface area contributed by atoms with Crippen molar-refractivity contribution in [1.82, 2.24) is 10.2 Å². The van der Waals surface area contributed by atoms with Gasteiger partial charge in [0, 0.05) is 4.90 Å². The maximum atomic E-state index is 12.5. The molecule has 3 amide bonds. The average molecular weight is 313 g/mol. The quantitative estimate of drug-likeness (QED) is 0.642. The summed E-state index contributed by atoms with van der Waals surface area (Å²) in [6.07, 6.45) is 0.420. The fourth-order valence-electron chi connectivity index (χ4n) is 2.12. The van der Waals surface area contributed by atoms with Gasteiger partial charge in [-0.15, -0.1) is 12.6 Å². The normalized spacial score (nSPS) is 18.9. The smallest absolute Gasteiger partial charge is 0.256 e. The summed E-state index contributed by atoms with van der Waals surface area (Å²) in [5.74, 6) is -1.40. The second-order valence-electron chi connectivity index (χ2n) is 4.43. The van der Waals surface area contributed by atoms with Crippen molar-refractivity contribution in [3.63, 3.8) is 0 Å². The Kier molecular flexibility index (Phi) is 4.35. The van der Waals surface area contributed by atoms with E-state index < -0.39 is 23.8 Å². The third-order valence-corrected chi connectivity index (χ3v) is 3.69. The molecule has 1 atom stereocenters. The fourth-order valence-corrected chi connectivity index (χ4v) is 2.52. The maximum Gasteiger partial charge on any atom is 0.256 e. The Morgan fingerprint density at radius 3 is 2.85 bits per heavy atom. The summed E-state index contributed by atoms with van der Waals surface area (Å²) in [4.78, 5) is 37.6. The van der Waals surface area contributed by atoms with Crippen molar-refractivity contribution in [2.75, 3.05) is 6.54 Å². The molecule has 2 rings (SSSR count). The van der Waals surface area contributed by atoms with Gasteiger partial charge in [0.25, 0.3) is 5.91 Å². The average Bonchev–Trinajstić information content (AvgIpc) is 2.40. The van der Waals surface area contributed by atoms with Crippen LogP contribution in [0.25, 0.3) is 0 Å². The first-order chi connectivity index (χ1) is 9.43. The van der Waals surface area contributed by atoms with Gasteiger partial charge in [0.05, 0.1) is 10.6 Å². The molecule has 0 aliphatic carbocycles. The van der Waals surface area contributed by atoms with Crippen LogP contribution in [0.3, 0.4) is 0 Å². The summed E-state index contributed by atoms with van der Waals surface area (Å²) in [6.45, 7) is 1.62. The van der Waals surface area contributed by atoms with Crippen molar-refractivity contribution in [1.29, 1.82) is 0 Å². The first-order valence-corrected chi connectivity index (χ1v) is 6.89. The number of nitrogens with one attached hydrogen (secondary N) is 1. The lowest BCUT2D eigenvalue weighted by atomic mass is 10.1. The summed E-state index contributed by atoms with van der Waals surface area (Å²) >= 11 is 10.2. The zero-order chi connectivity index (χ0) is 14.9. The minimum atomic E-state index is -0.667. The highest BCUT2D eigenvalue weighted by atomic mass is 35.5. The van der Waals surface area contributed by atoms with E-state index in [-0.39, 0.29) is 17.1 Å². The highest BCUT2D eigenvalue weighted by Crippen LogP contribution is 2.23. The summed E-state index contributed by atoms with van der Waals surface area (Å²) in [5, 5.41) is 2.49. The predicted molar refractivity (Wildman–Crippen MR) is 77.0 cm³/mol. The molecule has 0 bridgehead atoms. The molecule has 0 aromatic heterocycles.